The van der Waals surface area contributed by atoms with E-state index in [1.807, 2.05) is 7.05 Å². The van der Waals surface area contributed by atoms with Crippen LogP contribution < -0.4 is 10.9 Å². The Morgan fingerprint density at radius 3 is 2.54 bits per heavy atom. The Balaban J connectivity index is 1.32. The van der Waals surface area contributed by atoms with Gasteiger partial charge in [-0.2, -0.15) is 10.2 Å². The van der Waals surface area contributed by atoms with Crippen LogP contribution in [0.4, 0.5) is 18.9 Å². The molecule has 0 spiro atoms. The molecule has 11 heteroatoms. The summed E-state index contributed by atoms with van der Waals surface area (Å²) in [4.78, 5) is 19.3. The molecule has 4 heterocycles. The van der Waals surface area contributed by atoms with E-state index in [-0.39, 0.29) is 42.1 Å². The molecule has 0 unspecified atom stereocenters. The van der Waals surface area contributed by atoms with Gasteiger partial charge in [0, 0.05) is 43.0 Å². The van der Waals surface area contributed by atoms with Crippen molar-refractivity contribution in [1.29, 1.82) is 0 Å². The van der Waals surface area contributed by atoms with Gasteiger partial charge in [0.05, 0.1) is 17.0 Å². The minimum atomic E-state index is -2.53. The van der Waals surface area contributed by atoms with Crippen LogP contribution in [0.25, 0.3) is 10.8 Å². The monoisotopic (exact) mass is 487 g/mol. The highest BCUT2D eigenvalue weighted by Crippen LogP contribution is 2.44. The van der Waals surface area contributed by atoms with Gasteiger partial charge in [0.15, 0.2) is 0 Å². The van der Waals surface area contributed by atoms with Crippen LogP contribution in [0.1, 0.15) is 56.0 Å². The molecule has 2 fully saturated rings. The van der Waals surface area contributed by atoms with Gasteiger partial charge in [-0.1, -0.05) is 0 Å². The maximum absolute atomic E-state index is 14.4. The Kier molecular flexibility index (Phi) is 5.35. The molecule has 0 radical (unpaired) electrons. The molecule has 2 aromatic heterocycles. The Morgan fingerprint density at radius 2 is 1.86 bits per heavy atom. The lowest BCUT2D eigenvalue weighted by molar-refractivity contribution is -0.0570. The highest BCUT2D eigenvalue weighted by molar-refractivity contribution is 5.97. The van der Waals surface area contributed by atoms with Crippen LogP contribution in [-0.4, -0.2) is 61.0 Å². The molecule has 8 nitrogen and oxygen atoms in total. The van der Waals surface area contributed by atoms with E-state index in [1.54, 1.807) is 4.68 Å². The summed E-state index contributed by atoms with van der Waals surface area (Å²) in [5, 5.41) is 15.6. The summed E-state index contributed by atoms with van der Waals surface area (Å²) in [7, 11) is 1.82. The first kappa shape index (κ1) is 22.5. The minimum absolute atomic E-state index is 0.0355. The number of aromatic amines is 1. The van der Waals surface area contributed by atoms with E-state index in [9.17, 15) is 18.0 Å². The molecule has 1 saturated carbocycles. The highest BCUT2D eigenvalue weighted by atomic mass is 19.3. The predicted octanol–water partition coefficient (Wildman–Crippen LogP) is 3.41. The lowest BCUT2D eigenvalue weighted by Crippen LogP contribution is -2.49. The largest absolute Gasteiger partial charge is 0.380 e. The van der Waals surface area contributed by atoms with Crippen LogP contribution in [0, 0.1) is 11.7 Å². The summed E-state index contributed by atoms with van der Waals surface area (Å²) >= 11 is 0. The van der Waals surface area contributed by atoms with Gasteiger partial charge in [-0.3, -0.25) is 9.48 Å². The number of hydrogen-bond donors (Lipinski definition) is 2. The number of H-pyrrole nitrogens is 1. The second-order valence-corrected chi connectivity index (χ2v) is 10.2. The zero-order valence-corrected chi connectivity index (χ0v) is 19.5. The van der Waals surface area contributed by atoms with E-state index in [0.29, 0.717) is 29.6 Å². The van der Waals surface area contributed by atoms with Crippen molar-refractivity contribution in [3.05, 3.63) is 46.1 Å². The fourth-order valence-corrected chi connectivity index (χ4v) is 6.35. The average molecular weight is 488 g/mol. The molecule has 2 atom stereocenters. The van der Waals surface area contributed by atoms with Crippen molar-refractivity contribution in [2.75, 3.05) is 18.4 Å². The number of anilines is 1. The number of likely N-dealkylation sites (tertiary alicyclic amines) is 1. The summed E-state index contributed by atoms with van der Waals surface area (Å²) in [6, 6.07) is 2.74. The summed E-state index contributed by atoms with van der Waals surface area (Å²) in [6.07, 6.45) is 4.24. The van der Waals surface area contributed by atoms with E-state index in [0.717, 1.165) is 31.8 Å². The van der Waals surface area contributed by atoms with Crippen molar-refractivity contribution < 1.29 is 13.2 Å². The molecule has 1 aromatic carbocycles. The Hall–Kier alpha value is -2.95. The lowest BCUT2D eigenvalue weighted by atomic mass is 9.76. The van der Waals surface area contributed by atoms with Gasteiger partial charge in [-0.15, -0.1) is 0 Å². The number of benzene rings is 1. The summed E-state index contributed by atoms with van der Waals surface area (Å²) in [6.45, 7) is 1.66. The molecule has 186 valence electrons. The quantitative estimate of drug-likeness (QED) is 0.589. The third kappa shape index (κ3) is 3.89. The Morgan fingerprint density at radius 1 is 1.11 bits per heavy atom. The van der Waals surface area contributed by atoms with Crippen LogP contribution in [0.3, 0.4) is 0 Å². The zero-order chi connectivity index (χ0) is 24.3. The normalized spacial score (nSPS) is 25.6. The second kappa shape index (κ2) is 8.32. The fraction of sp³-hybridized carbons (Fsp3) is 0.583. The maximum Gasteiger partial charge on any atom is 0.272 e. The lowest BCUT2D eigenvalue weighted by Gasteiger charge is -2.44. The molecule has 2 aliphatic heterocycles. The third-order valence-electron chi connectivity index (χ3n) is 8.17. The second-order valence-electron chi connectivity index (χ2n) is 10.2. The predicted molar refractivity (Wildman–Crippen MR) is 124 cm³/mol. The molecule has 3 aliphatic rings. The number of alkyl halides is 2. The molecule has 0 amide bonds. The van der Waals surface area contributed by atoms with Crippen LogP contribution >= 0.6 is 0 Å². The van der Waals surface area contributed by atoms with Gasteiger partial charge in [0.1, 0.15) is 18.0 Å². The maximum atomic E-state index is 14.4. The van der Waals surface area contributed by atoms with Gasteiger partial charge in [-0.25, -0.2) is 23.3 Å². The van der Waals surface area contributed by atoms with Gasteiger partial charge in [-0.05, 0) is 56.8 Å². The van der Waals surface area contributed by atoms with Gasteiger partial charge < -0.3 is 10.2 Å². The topological polar surface area (TPSA) is 91.7 Å². The first-order chi connectivity index (χ1) is 16.8. The van der Waals surface area contributed by atoms with Crippen LogP contribution in [0.15, 0.2) is 23.3 Å². The smallest absolute Gasteiger partial charge is 0.272 e. The van der Waals surface area contributed by atoms with Gasteiger partial charge in [0.25, 0.3) is 5.56 Å². The number of hydrogen-bond acceptors (Lipinski definition) is 6. The summed E-state index contributed by atoms with van der Waals surface area (Å²) in [5.41, 5.74) is 0.785. The van der Waals surface area contributed by atoms with Crippen LogP contribution in [0.5, 0.6) is 0 Å². The van der Waals surface area contributed by atoms with Crippen molar-refractivity contribution in [1.82, 2.24) is 29.9 Å². The van der Waals surface area contributed by atoms with Crippen molar-refractivity contribution >= 4 is 16.5 Å². The zero-order valence-electron chi connectivity index (χ0n) is 19.5. The number of aromatic nitrogens is 5. The van der Waals surface area contributed by atoms with Crippen LogP contribution in [-0.2, 0) is 7.05 Å². The summed E-state index contributed by atoms with van der Waals surface area (Å²) < 4.78 is 43.4. The van der Waals surface area contributed by atoms with E-state index in [2.05, 4.69) is 30.5 Å². The number of halogens is 3. The summed E-state index contributed by atoms with van der Waals surface area (Å²) in [5.74, 6) is -2.36. The average Bonchev–Trinajstić information content (AvgIpc) is 3.26. The fourth-order valence-electron chi connectivity index (χ4n) is 6.35. The number of nitrogens with zero attached hydrogens (tertiary/aromatic N) is 5. The standard InChI is InChI=1S/C24H28F3N7O/c1-33-22(28-12-29-33)19-20(13-4-8-34(9-5-13)15-2-6-24(26,27)7-3-15)30-17-11-14(25)10-16-18(17)21(19)31-32-23(16)35/h10-13,15,19-20,30H,2-9H2,1H3,(H,32,35)/t19-,20-/m1/s1. The van der Waals surface area contributed by atoms with Gasteiger partial charge >= 0.3 is 0 Å². The SMILES string of the molecule is Cn1ncnc1[C@H]1c2n[nH]c(=O)c3cc(F)cc(c23)N[C@@H]1C1CCN(C2CCC(F)(F)CC2)CC1. The van der Waals surface area contributed by atoms with E-state index < -0.39 is 17.3 Å². The number of nitrogens with one attached hydrogen (secondary N) is 2. The first-order valence-corrected chi connectivity index (χ1v) is 12.2. The molecule has 35 heavy (non-hydrogen) atoms. The van der Waals surface area contributed by atoms with Crippen molar-refractivity contribution in [2.45, 2.75) is 62.4 Å². The van der Waals surface area contributed by atoms with Crippen molar-refractivity contribution in [2.24, 2.45) is 13.0 Å². The molecule has 1 saturated heterocycles. The molecule has 1 aliphatic carbocycles. The first-order valence-electron chi connectivity index (χ1n) is 12.2. The van der Waals surface area contributed by atoms with E-state index in [1.165, 1.54) is 18.5 Å². The van der Waals surface area contributed by atoms with E-state index >= 15 is 0 Å². The minimum Gasteiger partial charge on any atom is -0.380 e. The Bertz CT molecular complexity index is 1300. The van der Waals surface area contributed by atoms with Gasteiger partial charge in [0.2, 0.25) is 5.92 Å². The number of aryl methyl sites for hydroxylation is 1. The highest BCUT2D eigenvalue weighted by Gasteiger charge is 2.43. The molecule has 6 rings (SSSR count). The molecular formula is C24H28F3N7O. The van der Waals surface area contributed by atoms with Crippen molar-refractivity contribution in [3.63, 3.8) is 0 Å². The van der Waals surface area contributed by atoms with Crippen molar-refractivity contribution in [3.8, 4) is 0 Å². The van der Waals surface area contributed by atoms with Crippen LogP contribution in [0.2, 0.25) is 0 Å². The molecule has 0 bridgehead atoms. The molecule has 2 N–H and O–H groups in total. The third-order valence-corrected chi connectivity index (χ3v) is 8.17. The molecule has 3 aromatic rings. The number of rotatable bonds is 3. The Labute approximate surface area is 199 Å². The molecular weight excluding hydrogens is 459 g/mol. The van der Waals surface area contributed by atoms with E-state index in [4.69, 9.17) is 0 Å². The number of piperidine rings is 1.